The first-order chi connectivity index (χ1) is 12.6. The second-order valence-electron chi connectivity index (χ2n) is 6.14. The van der Waals surface area contributed by atoms with E-state index in [9.17, 15) is 4.79 Å². The fourth-order valence-electron chi connectivity index (χ4n) is 2.46. The maximum atomic E-state index is 12.2. The lowest BCUT2D eigenvalue weighted by atomic mass is 10.1. The molecule has 7 nitrogen and oxygen atoms in total. The Morgan fingerprint density at radius 3 is 2.65 bits per heavy atom. The molecule has 0 aliphatic heterocycles. The topological polar surface area (TPSA) is 82.2 Å². The Labute approximate surface area is 152 Å². The summed E-state index contributed by atoms with van der Waals surface area (Å²) in [5.41, 5.74) is 0.710. The van der Waals surface area contributed by atoms with Gasteiger partial charge in [-0.15, -0.1) is 0 Å². The lowest BCUT2D eigenvalue weighted by Crippen LogP contribution is -2.22. The number of amides is 2. The molecular weight excluding hydrogens is 328 g/mol. The number of carbonyl (C=O) groups is 1. The summed E-state index contributed by atoms with van der Waals surface area (Å²) >= 11 is 0. The summed E-state index contributed by atoms with van der Waals surface area (Å²) in [7, 11) is 4.01. The summed E-state index contributed by atoms with van der Waals surface area (Å²) in [6.45, 7) is 1.64. The number of benzene rings is 2. The smallest absolute Gasteiger partial charge is 0.326 e. The summed E-state index contributed by atoms with van der Waals surface area (Å²) < 4.78 is 0. The number of rotatable bonds is 6. The Bertz CT molecular complexity index is 896. The molecule has 3 aromatic rings. The van der Waals surface area contributed by atoms with Crippen LogP contribution in [-0.2, 0) is 0 Å². The third-order valence-electron chi connectivity index (χ3n) is 3.75. The molecule has 0 atom stereocenters. The minimum Gasteiger partial charge on any atom is -0.369 e. The van der Waals surface area contributed by atoms with Crippen molar-refractivity contribution in [2.24, 2.45) is 0 Å². The maximum absolute atomic E-state index is 12.2. The van der Waals surface area contributed by atoms with Crippen molar-refractivity contribution in [2.75, 3.05) is 43.1 Å². The lowest BCUT2D eigenvalue weighted by Gasteiger charge is -2.11. The molecule has 0 saturated heterocycles. The number of anilines is 3. The molecule has 0 radical (unpaired) electrons. The number of aromatic nitrogens is 2. The van der Waals surface area contributed by atoms with E-state index < -0.39 is 0 Å². The Morgan fingerprint density at radius 2 is 1.85 bits per heavy atom. The average molecular weight is 350 g/mol. The molecular formula is C19H22N6O. The molecule has 0 saturated carbocycles. The normalized spacial score (nSPS) is 10.7. The number of carbonyl (C=O) groups excluding carboxylic acids is 1. The highest BCUT2D eigenvalue weighted by molar-refractivity contribution is 6.00. The van der Waals surface area contributed by atoms with E-state index in [1.165, 1.54) is 0 Å². The van der Waals surface area contributed by atoms with Crippen molar-refractivity contribution in [1.82, 2.24) is 14.9 Å². The van der Waals surface area contributed by atoms with E-state index in [0.717, 1.165) is 23.9 Å². The lowest BCUT2D eigenvalue weighted by molar-refractivity contribution is 0.262. The Balaban J connectivity index is 1.60. The van der Waals surface area contributed by atoms with Crippen LogP contribution in [0.5, 0.6) is 0 Å². The van der Waals surface area contributed by atoms with Crippen LogP contribution in [0.15, 0.2) is 54.7 Å². The minimum absolute atomic E-state index is 0.248. The Kier molecular flexibility index (Phi) is 5.60. The van der Waals surface area contributed by atoms with Crippen LogP contribution in [0, 0.1) is 0 Å². The van der Waals surface area contributed by atoms with Crippen molar-refractivity contribution in [1.29, 1.82) is 0 Å². The van der Waals surface area contributed by atoms with Gasteiger partial charge in [-0.1, -0.05) is 30.3 Å². The summed E-state index contributed by atoms with van der Waals surface area (Å²) in [4.78, 5) is 22.6. The van der Waals surface area contributed by atoms with Gasteiger partial charge < -0.3 is 15.5 Å². The molecule has 0 spiro atoms. The van der Waals surface area contributed by atoms with E-state index in [0.29, 0.717) is 11.5 Å². The van der Waals surface area contributed by atoms with Gasteiger partial charge in [-0.05, 0) is 43.1 Å². The zero-order valence-electron chi connectivity index (χ0n) is 14.9. The quantitative estimate of drug-likeness (QED) is 0.636. The molecule has 3 N–H and O–H groups in total. The van der Waals surface area contributed by atoms with Crippen molar-refractivity contribution in [2.45, 2.75) is 0 Å². The Morgan fingerprint density at radius 1 is 1.04 bits per heavy atom. The van der Waals surface area contributed by atoms with Crippen molar-refractivity contribution >= 4 is 34.3 Å². The highest BCUT2D eigenvalue weighted by Crippen LogP contribution is 2.19. The molecule has 134 valence electrons. The molecule has 2 amide bonds. The second-order valence-corrected chi connectivity index (χ2v) is 6.14. The highest BCUT2D eigenvalue weighted by Gasteiger charge is 2.06. The van der Waals surface area contributed by atoms with E-state index in [1.54, 1.807) is 12.3 Å². The molecule has 2 aromatic carbocycles. The zero-order chi connectivity index (χ0) is 18.4. The third kappa shape index (κ3) is 4.90. The molecule has 3 rings (SSSR count). The number of fused-ring (bicyclic) bond motifs is 1. The van der Waals surface area contributed by atoms with Gasteiger partial charge in [-0.2, -0.15) is 4.98 Å². The number of nitrogens with zero attached hydrogens (tertiary/aromatic N) is 3. The molecule has 7 heteroatoms. The zero-order valence-corrected chi connectivity index (χ0v) is 14.9. The third-order valence-corrected chi connectivity index (χ3v) is 3.75. The van der Waals surface area contributed by atoms with E-state index in [-0.39, 0.29) is 12.0 Å². The number of hydrogen-bond acceptors (Lipinski definition) is 5. The van der Waals surface area contributed by atoms with Gasteiger partial charge >= 0.3 is 6.03 Å². The van der Waals surface area contributed by atoms with Crippen LogP contribution in [0.1, 0.15) is 0 Å². The van der Waals surface area contributed by atoms with Gasteiger partial charge in [0.1, 0.15) is 5.82 Å². The van der Waals surface area contributed by atoms with Gasteiger partial charge in [0.15, 0.2) is 0 Å². The van der Waals surface area contributed by atoms with Crippen LogP contribution in [0.3, 0.4) is 0 Å². The van der Waals surface area contributed by atoms with Crippen LogP contribution in [-0.4, -0.2) is 48.1 Å². The average Bonchev–Trinajstić information content (AvgIpc) is 2.61. The second kappa shape index (κ2) is 8.26. The van der Waals surface area contributed by atoms with Crippen LogP contribution >= 0.6 is 0 Å². The molecule has 0 aliphatic rings. The van der Waals surface area contributed by atoms with Gasteiger partial charge in [-0.3, -0.25) is 5.32 Å². The summed E-state index contributed by atoms with van der Waals surface area (Å²) in [6, 6.07) is 15.1. The summed E-state index contributed by atoms with van der Waals surface area (Å²) in [5.74, 6) is 0.918. The number of likely N-dealkylation sites (N-methyl/N-ethyl adjacent to an activating group) is 1. The molecule has 0 fully saturated rings. The first kappa shape index (κ1) is 17.6. The largest absolute Gasteiger partial charge is 0.369 e. The minimum atomic E-state index is -0.384. The number of hydrogen-bond donors (Lipinski definition) is 3. The van der Waals surface area contributed by atoms with Crippen LogP contribution in [0.25, 0.3) is 10.8 Å². The van der Waals surface area contributed by atoms with Gasteiger partial charge in [0.2, 0.25) is 5.95 Å². The van der Waals surface area contributed by atoms with Crippen LogP contribution in [0.4, 0.5) is 22.2 Å². The molecule has 0 unspecified atom stereocenters. The highest BCUT2D eigenvalue weighted by atomic mass is 16.2. The monoisotopic (exact) mass is 350 g/mol. The van der Waals surface area contributed by atoms with Gasteiger partial charge in [0, 0.05) is 25.0 Å². The van der Waals surface area contributed by atoms with E-state index in [1.807, 2.05) is 56.6 Å². The van der Waals surface area contributed by atoms with Crippen molar-refractivity contribution in [3.8, 4) is 0 Å². The van der Waals surface area contributed by atoms with E-state index >= 15 is 0 Å². The fourth-order valence-corrected chi connectivity index (χ4v) is 2.46. The maximum Gasteiger partial charge on any atom is 0.326 e. The Hall–Kier alpha value is -3.19. The van der Waals surface area contributed by atoms with Crippen molar-refractivity contribution in [3.63, 3.8) is 0 Å². The molecule has 0 bridgehead atoms. The van der Waals surface area contributed by atoms with Gasteiger partial charge in [0.25, 0.3) is 0 Å². The summed E-state index contributed by atoms with van der Waals surface area (Å²) in [5, 5.41) is 10.8. The molecule has 1 aromatic heterocycles. The predicted molar refractivity (Wildman–Crippen MR) is 106 cm³/mol. The van der Waals surface area contributed by atoms with E-state index in [4.69, 9.17) is 0 Å². The summed E-state index contributed by atoms with van der Waals surface area (Å²) in [6.07, 6.45) is 1.61. The van der Waals surface area contributed by atoms with Crippen molar-refractivity contribution in [3.05, 3.63) is 54.7 Å². The van der Waals surface area contributed by atoms with Crippen LogP contribution in [0.2, 0.25) is 0 Å². The van der Waals surface area contributed by atoms with Gasteiger partial charge in [0.05, 0.1) is 0 Å². The molecule has 26 heavy (non-hydrogen) atoms. The number of urea groups is 1. The predicted octanol–water partition coefficient (Wildman–Crippen LogP) is 3.25. The van der Waals surface area contributed by atoms with Gasteiger partial charge in [-0.25, -0.2) is 9.78 Å². The van der Waals surface area contributed by atoms with Crippen molar-refractivity contribution < 1.29 is 4.79 Å². The first-order valence-electron chi connectivity index (χ1n) is 8.38. The van der Waals surface area contributed by atoms with Crippen LogP contribution < -0.4 is 16.0 Å². The first-order valence-corrected chi connectivity index (χ1v) is 8.38. The SMILES string of the molecule is CN(C)CCNc1ccnc(NC(=O)Nc2ccc3ccccc3c2)n1. The fraction of sp³-hybridized carbons (Fsp3) is 0.211. The standard InChI is InChI=1S/C19H22N6O/c1-25(2)12-11-20-17-9-10-21-18(23-17)24-19(26)22-16-8-7-14-5-3-4-6-15(14)13-16/h3-10,13H,11-12H2,1-2H3,(H3,20,21,22,23,24,26). The van der Waals surface area contributed by atoms with E-state index in [2.05, 4.69) is 30.8 Å². The number of nitrogens with one attached hydrogen (secondary N) is 3. The molecule has 1 heterocycles. The molecule has 0 aliphatic carbocycles.